The maximum Gasteiger partial charge on any atom is 0.323 e. The van der Waals surface area contributed by atoms with E-state index < -0.39 is 12.0 Å². The fourth-order valence-electron chi connectivity index (χ4n) is 2.47. The molecular formula is C20H24N4O4. The molecule has 0 unspecified atom stereocenters. The van der Waals surface area contributed by atoms with E-state index in [1.165, 1.54) is 4.90 Å². The molecule has 4 amide bonds. The minimum absolute atomic E-state index is 0.0281. The molecule has 0 fully saturated rings. The smallest absolute Gasteiger partial charge is 0.323 e. The molecule has 4 N–H and O–H groups in total. The van der Waals surface area contributed by atoms with E-state index in [2.05, 4.69) is 16.0 Å². The predicted molar refractivity (Wildman–Crippen MR) is 109 cm³/mol. The highest BCUT2D eigenvalue weighted by Gasteiger charge is 2.11. The number of rotatable bonds is 6. The van der Waals surface area contributed by atoms with Gasteiger partial charge in [-0.3, -0.25) is 4.79 Å². The average molecular weight is 384 g/mol. The summed E-state index contributed by atoms with van der Waals surface area (Å²) < 4.78 is 0. The Hall–Kier alpha value is -3.55. The van der Waals surface area contributed by atoms with Crippen molar-refractivity contribution in [2.75, 3.05) is 30.0 Å². The number of hydrogen-bond donors (Lipinski definition) is 4. The number of nitrogens with one attached hydrogen (secondary N) is 3. The SMILES string of the molecule is Cc1c(NC(=O)Nc2cccc(CCC(=O)O)c2)cccc1NC(=O)N(C)C. The van der Waals surface area contributed by atoms with Gasteiger partial charge >= 0.3 is 18.0 Å². The van der Waals surface area contributed by atoms with E-state index in [-0.39, 0.29) is 12.5 Å². The number of aryl methyl sites for hydroxylation is 1. The molecule has 148 valence electrons. The number of amides is 4. The minimum atomic E-state index is -0.868. The second kappa shape index (κ2) is 9.40. The van der Waals surface area contributed by atoms with Gasteiger partial charge in [-0.25, -0.2) is 9.59 Å². The monoisotopic (exact) mass is 384 g/mol. The van der Waals surface area contributed by atoms with Crippen LogP contribution >= 0.6 is 0 Å². The van der Waals surface area contributed by atoms with Crippen molar-refractivity contribution in [1.29, 1.82) is 0 Å². The van der Waals surface area contributed by atoms with Gasteiger partial charge < -0.3 is 26.0 Å². The lowest BCUT2D eigenvalue weighted by atomic mass is 10.1. The lowest BCUT2D eigenvalue weighted by Gasteiger charge is -2.16. The van der Waals surface area contributed by atoms with Crippen molar-refractivity contribution in [2.45, 2.75) is 19.8 Å². The summed E-state index contributed by atoms with van der Waals surface area (Å²) in [5.41, 5.74) is 3.28. The van der Waals surface area contributed by atoms with Gasteiger partial charge in [0.05, 0.1) is 0 Å². The van der Waals surface area contributed by atoms with E-state index >= 15 is 0 Å². The molecule has 0 aromatic heterocycles. The first-order valence-corrected chi connectivity index (χ1v) is 8.73. The quantitative estimate of drug-likeness (QED) is 0.608. The maximum absolute atomic E-state index is 12.3. The Labute approximate surface area is 163 Å². The Kier molecular flexibility index (Phi) is 6.97. The van der Waals surface area contributed by atoms with Crippen LogP contribution in [0.1, 0.15) is 17.5 Å². The highest BCUT2D eigenvalue weighted by atomic mass is 16.4. The lowest BCUT2D eigenvalue weighted by Crippen LogP contribution is -2.28. The van der Waals surface area contributed by atoms with Gasteiger partial charge in [0.2, 0.25) is 0 Å². The maximum atomic E-state index is 12.3. The molecule has 0 aliphatic carbocycles. The van der Waals surface area contributed by atoms with Crippen molar-refractivity contribution >= 4 is 35.1 Å². The van der Waals surface area contributed by atoms with E-state index in [0.29, 0.717) is 23.5 Å². The third-order valence-electron chi connectivity index (χ3n) is 4.04. The molecule has 2 aromatic rings. The molecule has 8 nitrogen and oxygen atoms in total. The number of carbonyl (C=O) groups is 3. The second-order valence-electron chi connectivity index (χ2n) is 6.48. The van der Waals surface area contributed by atoms with E-state index in [0.717, 1.165) is 11.1 Å². The Balaban J connectivity index is 2.04. The molecule has 28 heavy (non-hydrogen) atoms. The Morgan fingerprint density at radius 2 is 1.61 bits per heavy atom. The molecular weight excluding hydrogens is 360 g/mol. The number of benzene rings is 2. The summed E-state index contributed by atoms with van der Waals surface area (Å²) in [6.07, 6.45) is 0.416. The van der Waals surface area contributed by atoms with Crippen LogP contribution in [0.15, 0.2) is 42.5 Å². The highest BCUT2D eigenvalue weighted by molar-refractivity contribution is 6.01. The van der Waals surface area contributed by atoms with Crippen LogP contribution in [0.3, 0.4) is 0 Å². The zero-order valence-electron chi connectivity index (χ0n) is 16.1. The zero-order chi connectivity index (χ0) is 20.7. The highest BCUT2D eigenvalue weighted by Crippen LogP contribution is 2.24. The van der Waals surface area contributed by atoms with E-state index in [1.54, 1.807) is 57.4 Å². The Bertz CT molecular complexity index is 880. The van der Waals surface area contributed by atoms with Crippen LogP contribution in [0, 0.1) is 6.92 Å². The molecule has 0 aliphatic heterocycles. The number of carboxylic acid groups (broad SMARTS) is 1. The Morgan fingerprint density at radius 1 is 0.964 bits per heavy atom. The first-order valence-electron chi connectivity index (χ1n) is 8.73. The number of carbonyl (C=O) groups excluding carboxylic acids is 2. The summed E-state index contributed by atoms with van der Waals surface area (Å²) in [7, 11) is 3.29. The molecule has 0 radical (unpaired) electrons. The third-order valence-corrected chi connectivity index (χ3v) is 4.04. The second-order valence-corrected chi connectivity index (χ2v) is 6.48. The largest absolute Gasteiger partial charge is 0.481 e. The Morgan fingerprint density at radius 3 is 2.25 bits per heavy atom. The number of carboxylic acids is 1. The molecule has 8 heteroatoms. The summed E-state index contributed by atoms with van der Waals surface area (Å²) in [5.74, 6) is -0.868. The molecule has 0 heterocycles. The summed E-state index contributed by atoms with van der Waals surface area (Å²) in [6, 6.07) is 11.6. The van der Waals surface area contributed by atoms with Crippen molar-refractivity contribution in [2.24, 2.45) is 0 Å². The van der Waals surface area contributed by atoms with Crippen LogP contribution in [-0.2, 0) is 11.2 Å². The van der Waals surface area contributed by atoms with Crippen molar-refractivity contribution < 1.29 is 19.5 Å². The van der Waals surface area contributed by atoms with Crippen LogP contribution in [0.4, 0.5) is 26.7 Å². The minimum Gasteiger partial charge on any atom is -0.481 e. The molecule has 2 rings (SSSR count). The predicted octanol–water partition coefficient (Wildman–Crippen LogP) is 3.75. The van der Waals surface area contributed by atoms with E-state index in [9.17, 15) is 14.4 Å². The molecule has 0 saturated heterocycles. The van der Waals surface area contributed by atoms with Crippen molar-refractivity contribution in [3.05, 3.63) is 53.6 Å². The fraction of sp³-hybridized carbons (Fsp3) is 0.250. The summed E-state index contributed by atoms with van der Waals surface area (Å²) >= 11 is 0. The van der Waals surface area contributed by atoms with E-state index in [4.69, 9.17) is 5.11 Å². The standard InChI is InChI=1S/C20H24N4O4/c1-13-16(8-5-9-17(13)23-20(28)24(2)3)22-19(27)21-15-7-4-6-14(12-15)10-11-18(25)26/h4-9,12H,10-11H2,1-3H3,(H,23,28)(H,25,26)(H2,21,22,27). The van der Waals surface area contributed by atoms with Gasteiger partial charge in [-0.05, 0) is 48.7 Å². The molecule has 0 saturated carbocycles. The first kappa shape index (κ1) is 20.8. The van der Waals surface area contributed by atoms with Gasteiger partial charge in [0.1, 0.15) is 0 Å². The summed E-state index contributed by atoms with van der Waals surface area (Å²) in [6.45, 7) is 1.80. The van der Waals surface area contributed by atoms with Gasteiger partial charge in [-0.1, -0.05) is 18.2 Å². The lowest BCUT2D eigenvalue weighted by molar-refractivity contribution is -0.136. The first-order chi connectivity index (χ1) is 13.3. The van der Waals surface area contributed by atoms with Crippen molar-refractivity contribution in [3.63, 3.8) is 0 Å². The average Bonchev–Trinajstić information content (AvgIpc) is 2.63. The molecule has 0 aliphatic rings. The van der Waals surface area contributed by atoms with Gasteiger partial charge in [0, 0.05) is 37.6 Å². The number of hydrogen-bond acceptors (Lipinski definition) is 3. The van der Waals surface area contributed by atoms with Gasteiger partial charge in [-0.15, -0.1) is 0 Å². The number of urea groups is 2. The van der Waals surface area contributed by atoms with Crippen LogP contribution in [0.5, 0.6) is 0 Å². The van der Waals surface area contributed by atoms with Crippen LogP contribution in [-0.4, -0.2) is 42.1 Å². The fourth-order valence-corrected chi connectivity index (χ4v) is 2.47. The summed E-state index contributed by atoms with van der Waals surface area (Å²) in [4.78, 5) is 36.3. The number of aliphatic carboxylic acids is 1. The van der Waals surface area contributed by atoms with Crippen molar-refractivity contribution in [1.82, 2.24) is 4.90 Å². The van der Waals surface area contributed by atoms with Gasteiger partial charge in [-0.2, -0.15) is 0 Å². The number of anilines is 3. The molecule has 0 atom stereocenters. The third kappa shape index (κ3) is 6.01. The van der Waals surface area contributed by atoms with Crippen LogP contribution in [0.25, 0.3) is 0 Å². The van der Waals surface area contributed by atoms with Gasteiger partial charge in [0.25, 0.3) is 0 Å². The normalized spacial score (nSPS) is 10.1. The van der Waals surface area contributed by atoms with E-state index in [1.807, 2.05) is 6.07 Å². The van der Waals surface area contributed by atoms with Gasteiger partial charge in [0.15, 0.2) is 0 Å². The topological polar surface area (TPSA) is 111 Å². The molecule has 0 spiro atoms. The molecule has 0 bridgehead atoms. The van der Waals surface area contributed by atoms with Crippen molar-refractivity contribution in [3.8, 4) is 0 Å². The summed E-state index contributed by atoms with van der Waals surface area (Å²) in [5, 5.41) is 17.0. The van der Waals surface area contributed by atoms with Crippen LogP contribution in [0.2, 0.25) is 0 Å². The zero-order valence-corrected chi connectivity index (χ0v) is 16.1. The molecule has 2 aromatic carbocycles. The number of nitrogens with zero attached hydrogens (tertiary/aromatic N) is 1. The van der Waals surface area contributed by atoms with Crippen LogP contribution < -0.4 is 16.0 Å².